The molecule has 0 fully saturated rings. The van der Waals surface area contributed by atoms with Crippen LogP contribution in [0.2, 0.25) is 0 Å². The van der Waals surface area contributed by atoms with E-state index in [-0.39, 0.29) is 12.2 Å². The van der Waals surface area contributed by atoms with Crippen LogP contribution in [0.25, 0.3) is 6.08 Å². The Hall–Kier alpha value is -3.72. The summed E-state index contributed by atoms with van der Waals surface area (Å²) < 4.78 is 18.2. The van der Waals surface area contributed by atoms with E-state index in [1.807, 2.05) is 18.2 Å². The molecular weight excluding hydrogens is 442 g/mol. The number of thiazole rings is 1. The van der Waals surface area contributed by atoms with Crippen molar-refractivity contribution >= 4 is 23.4 Å². The number of rotatable bonds is 6. The third-order valence-electron chi connectivity index (χ3n) is 5.24. The van der Waals surface area contributed by atoms with E-state index < -0.39 is 12.0 Å². The monoisotopic (exact) mass is 465 g/mol. The number of ether oxygens (including phenoxy) is 3. The zero-order valence-corrected chi connectivity index (χ0v) is 19.5. The van der Waals surface area contributed by atoms with Gasteiger partial charge in [-0.25, -0.2) is 9.79 Å². The molecule has 0 saturated carbocycles. The van der Waals surface area contributed by atoms with Crippen molar-refractivity contribution in [3.8, 4) is 11.5 Å². The summed E-state index contributed by atoms with van der Waals surface area (Å²) in [6.07, 6.45) is 5.12. The molecule has 33 heavy (non-hydrogen) atoms. The molecule has 0 amide bonds. The predicted molar refractivity (Wildman–Crippen MR) is 124 cm³/mol. The van der Waals surface area contributed by atoms with E-state index >= 15 is 0 Å². The van der Waals surface area contributed by atoms with Crippen molar-refractivity contribution in [2.24, 2.45) is 4.99 Å². The van der Waals surface area contributed by atoms with Gasteiger partial charge in [-0.15, -0.1) is 0 Å². The van der Waals surface area contributed by atoms with Gasteiger partial charge in [-0.3, -0.25) is 14.3 Å². The second kappa shape index (κ2) is 9.41. The third kappa shape index (κ3) is 4.19. The molecule has 2 aromatic heterocycles. The van der Waals surface area contributed by atoms with Crippen LogP contribution in [0.3, 0.4) is 0 Å². The zero-order chi connectivity index (χ0) is 23.5. The molecule has 1 aromatic carbocycles. The molecule has 0 saturated heterocycles. The number of allylic oxidation sites excluding steroid dienone is 1. The average Bonchev–Trinajstić information content (AvgIpc) is 3.12. The lowest BCUT2D eigenvalue weighted by Crippen LogP contribution is -2.39. The lowest BCUT2D eigenvalue weighted by molar-refractivity contribution is -0.139. The van der Waals surface area contributed by atoms with Gasteiger partial charge in [0, 0.05) is 12.4 Å². The molecule has 1 unspecified atom stereocenters. The van der Waals surface area contributed by atoms with Gasteiger partial charge in [-0.05, 0) is 55.3 Å². The highest BCUT2D eigenvalue weighted by molar-refractivity contribution is 7.07. The number of aromatic nitrogens is 2. The van der Waals surface area contributed by atoms with Crippen LogP contribution in [0, 0.1) is 0 Å². The van der Waals surface area contributed by atoms with Crippen molar-refractivity contribution in [3.05, 3.63) is 84.8 Å². The minimum absolute atomic E-state index is 0.209. The number of carbonyl (C=O) groups excluding carboxylic acids is 1. The molecule has 3 heterocycles. The fraction of sp³-hybridized carbons (Fsp3) is 0.250. The second-order valence-corrected chi connectivity index (χ2v) is 8.21. The number of carbonyl (C=O) groups is 1. The van der Waals surface area contributed by atoms with Crippen LogP contribution in [-0.4, -0.2) is 36.3 Å². The fourth-order valence-corrected chi connectivity index (χ4v) is 4.79. The van der Waals surface area contributed by atoms with Crippen LogP contribution in [0.15, 0.2) is 63.8 Å². The number of hydrogen-bond acceptors (Lipinski definition) is 8. The van der Waals surface area contributed by atoms with Crippen molar-refractivity contribution in [1.82, 2.24) is 9.55 Å². The van der Waals surface area contributed by atoms with Crippen LogP contribution >= 0.6 is 11.3 Å². The van der Waals surface area contributed by atoms with Crippen LogP contribution in [0.1, 0.15) is 31.0 Å². The quantitative estimate of drug-likeness (QED) is 0.519. The molecule has 1 aliphatic rings. The Kier molecular flexibility index (Phi) is 6.41. The van der Waals surface area contributed by atoms with E-state index in [4.69, 9.17) is 14.2 Å². The number of fused-ring (bicyclic) bond motifs is 1. The number of methoxy groups -OCH3 is 2. The first-order valence-corrected chi connectivity index (χ1v) is 11.1. The Morgan fingerprint density at radius 2 is 1.88 bits per heavy atom. The highest BCUT2D eigenvalue weighted by Crippen LogP contribution is 2.36. The van der Waals surface area contributed by atoms with Gasteiger partial charge < -0.3 is 14.2 Å². The van der Waals surface area contributed by atoms with Gasteiger partial charge in [0.2, 0.25) is 0 Å². The number of hydrogen-bond donors (Lipinski definition) is 0. The highest BCUT2D eigenvalue weighted by Gasteiger charge is 2.33. The molecule has 0 radical (unpaired) electrons. The number of benzene rings is 1. The average molecular weight is 466 g/mol. The molecule has 3 aromatic rings. The van der Waals surface area contributed by atoms with Crippen LogP contribution in [0.4, 0.5) is 0 Å². The van der Waals surface area contributed by atoms with Crippen molar-refractivity contribution in [3.63, 3.8) is 0 Å². The van der Waals surface area contributed by atoms with Gasteiger partial charge >= 0.3 is 5.97 Å². The summed E-state index contributed by atoms with van der Waals surface area (Å²) >= 11 is 1.27. The largest absolute Gasteiger partial charge is 0.493 e. The summed E-state index contributed by atoms with van der Waals surface area (Å²) in [6, 6.07) is 8.24. The SMILES string of the molecule is CCOC(=O)C1=C(C)N=c2s/c(=C\c3ccncc3)c(=O)n2C1c1ccc(OC)c(OC)c1. The maximum absolute atomic E-state index is 13.5. The van der Waals surface area contributed by atoms with Crippen LogP contribution in [-0.2, 0) is 9.53 Å². The first-order chi connectivity index (χ1) is 16.0. The van der Waals surface area contributed by atoms with Gasteiger partial charge in [0.05, 0.1) is 42.7 Å². The molecular formula is C24H23N3O5S. The molecule has 0 aliphatic carbocycles. The first-order valence-electron chi connectivity index (χ1n) is 10.3. The smallest absolute Gasteiger partial charge is 0.338 e. The zero-order valence-electron chi connectivity index (χ0n) is 18.7. The van der Waals surface area contributed by atoms with Gasteiger partial charge in [0.25, 0.3) is 5.56 Å². The third-order valence-corrected chi connectivity index (χ3v) is 6.23. The second-order valence-electron chi connectivity index (χ2n) is 7.20. The van der Waals surface area contributed by atoms with Crippen molar-refractivity contribution in [2.45, 2.75) is 19.9 Å². The Balaban J connectivity index is 1.98. The van der Waals surface area contributed by atoms with E-state index in [0.717, 1.165) is 5.56 Å². The summed E-state index contributed by atoms with van der Waals surface area (Å²) in [5.74, 6) is 0.526. The molecule has 0 bridgehead atoms. The van der Waals surface area contributed by atoms with Gasteiger partial charge in [0.1, 0.15) is 0 Å². The van der Waals surface area contributed by atoms with Crippen LogP contribution in [0.5, 0.6) is 11.5 Å². The number of nitrogens with zero attached hydrogens (tertiary/aromatic N) is 3. The van der Waals surface area contributed by atoms with Crippen LogP contribution < -0.4 is 24.4 Å². The maximum Gasteiger partial charge on any atom is 0.338 e. The number of esters is 1. The first kappa shape index (κ1) is 22.5. The Morgan fingerprint density at radius 3 is 2.55 bits per heavy atom. The van der Waals surface area contributed by atoms with Gasteiger partial charge in [0.15, 0.2) is 16.3 Å². The maximum atomic E-state index is 13.5. The van der Waals surface area contributed by atoms with Crippen molar-refractivity contribution < 1.29 is 19.0 Å². The van der Waals surface area contributed by atoms with E-state index in [0.29, 0.717) is 37.7 Å². The summed E-state index contributed by atoms with van der Waals surface area (Å²) in [5.41, 5.74) is 2.10. The van der Waals surface area contributed by atoms with Gasteiger partial charge in [-0.2, -0.15) is 0 Å². The van der Waals surface area contributed by atoms with E-state index in [1.165, 1.54) is 23.0 Å². The summed E-state index contributed by atoms with van der Waals surface area (Å²) in [6.45, 7) is 3.70. The molecule has 0 N–H and O–H groups in total. The molecule has 9 heteroatoms. The van der Waals surface area contributed by atoms with E-state index in [1.54, 1.807) is 51.6 Å². The lowest BCUT2D eigenvalue weighted by Gasteiger charge is -2.25. The molecule has 4 rings (SSSR count). The summed E-state index contributed by atoms with van der Waals surface area (Å²) in [5, 5.41) is 0. The fourth-order valence-electron chi connectivity index (χ4n) is 3.74. The molecule has 1 atom stereocenters. The lowest BCUT2D eigenvalue weighted by atomic mass is 9.95. The molecule has 8 nitrogen and oxygen atoms in total. The minimum Gasteiger partial charge on any atom is -0.493 e. The van der Waals surface area contributed by atoms with Crippen molar-refractivity contribution in [1.29, 1.82) is 0 Å². The standard InChI is InChI=1S/C24H23N3O5S/c1-5-32-23(29)20-14(2)26-24-27(21(20)16-6-7-17(30-3)18(13-16)31-4)22(28)19(33-24)12-15-8-10-25-11-9-15/h6-13,21H,5H2,1-4H3/b19-12-. The minimum atomic E-state index is -0.723. The Morgan fingerprint density at radius 1 is 1.15 bits per heavy atom. The topological polar surface area (TPSA) is 92.0 Å². The Labute approximate surface area is 194 Å². The van der Waals surface area contributed by atoms with Crippen molar-refractivity contribution in [2.75, 3.05) is 20.8 Å². The number of pyridine rings is 1. The molecule has 170 valence electrons. The predicted octanol–water partition coefficient (Wildman–Crippen LogP) is 2.21. The van der Waals surface area contributed by atoms with E-state index in [2.05, 4.69) is 9.98 Å². The normalized spacial score (nSPS) is 15.6. The van der Waals surface area contributed by atoms with Gasteiger partial charge in [-0.1, -0.05) is 17.4 Å². The highest BCUT2D eigenvalue weighted by atomic mass is 32.1. The summed E-state index contributed by atoms with van der Waals surface area (Å²) in [7, 11) is 3.09. The van der Waals surface area contributed by atoms with E-state index in [9.17, 15) is 9.59 Å². The molecule has 0 spiro atoms. The Bertz CT molecular complexity index is 1410. The molecule has 1 aliphatic heterocycles. The summed E-state index contributed by atoms with van der Waals surface area (Å²) in [4.78, 5) is 35.6.